The topological polar surface area (TPSA) is 3.24 Å². The molecule has 0 N–H and O–H groups in total. The monoisotopic (exact) mass is 211 g/mol. The SMILES string of the molecule is CC.CN1CCCC(C)(C(F)(F)F)C1. The van der Waals surface area contributed by atoms with Crippen LogP contribution in [0.25, 0.3) is 0 Å². The standard InChI is InChI=1S/C8H14F3N.C2H6/c1-7(8(9,10)11)4-3-5-12(2)6-7;1-2/h3-6H2,1-2H3;1-2H3. The Morgan fingerprint density at radius 2 is 1.71 bits per heavy atom. The number of hydrogen-bond acceptors (Lipinski definition) is 1. The van der Waals surface area contributed by atoms with Gasteiger partial charge in [-0.25, -0.2) is 0 Å². The van der Waals surface area contributed by atoms with E-state index in [0.29, 0.717) is 6.42 Å². The highest BCUT2D eigenvalue weighted by Crippen LogP contribution is 2.43. The summed E-state index contributed by atoms with van der Waals surface area (Å²) in [6.07, 6.45) is -3.14. The van der Waals surface area contributed by atoms with Crippen molar-refractivity contribution in [2.24, 2.45) is 5.41 Å². The molecule has 0 bridgehead atoms. The van der Waals surface area contributed by atoms with E-state index in [1.54, 1.807) is 11.9 Å². The lowest BCUT2D eigenvalue weighted by molar-refractivity contribution is -0.231. The second kappa shape index (κ2) is 5.01. The molecule has 1 nitrogen and oxygen atoms in total. The molecule has 0 spiro atoms. The van der Waals surface area contributed by atoms with E-state index >= 15 is 0 Å². The van der Waals surface area contributed by atoms with Crippen LogP contribution < -0.4 is 0 Å². The van der Waals surface area contributed by atoms with Crippen molar-refractivity contribution in [3.63, 3.8) is 0 Å². The predicted molar refractivity (Wildman–Crippen MR) is 52.2 cm³/mol. The van der Waals surface area contributed by atoms with Gasteiger partial charge in [-0.15, -0.1) is 0 Å². The Balaban J connectivity index is 0.000000791. The number of rotatable bonds is 0. The summed E-state index contributed by atoms with van der Waals surface area (Å²) in [5.41, 5.74) is -1.49. The van der Waals surface area contributed by atoms with E-state index in [-0.39, 0.29) is 13.0 Å². The molecule has 86 valence electrons. The molecule has 1 fully saturated rings. The van der Waals surface area contributed by atoms with Gasteiger partial charge in [0.1, 0.15) is 0 Å². The van der Waals surface area contributed by atoms with Crippen LogP contribution in [-0.2, 0) is 0 Å². The Hall–Kier alpha value is -0.250. The third-order valence-electron chi connectivity index (χ3n) is 2.57. The minimum Gasteiger partial charge on any atom is -0.305 e. The first-order valence-electron chi connectivity index (χ1n) is 5.10. The summed E-state index contributed by atoms with van der Waals surface area (Å²) in [6.45, 7) is 6.23. The van der Waals surface area contributed by atoms with Gasteiger partial charge in [-0.2, -0.15) is 13.2 Å². The summed E-state index contributed by atoms with van der Waals surface area (Å²) >= 11 is 0. The second-order valence-corrected chi connectivity index (χ2v) is 3.90. The minimum atomic E-state index is -4.05. The number of alkyl halides is 3. The van der Waals surface area contributed by atoms with Crippen molar-refractivity contribution in [2.75, 3.05) is 20.1 Å². The predicted octanol–water partition coefficient (Wildman–Crippen LogP) is 3.31. The Bertz CT molecular complexity index is 167. The smallest absolute Gasteiger partial charge is 0.305 e. The first-order chi connectivity index (χ1) is 6.35. The molecule has 1 aliphatic heterocycles. The molecular formula is C10H20F3N. The zero-order valence-corrected chi connectivity index (χ0v) is 9.41. The van der Waals surface area contributed by atoms with Crippen molar-refractivity contribution in [2.45, 2.75) is 39.8 Å². The summed E-state index contributed by atoms with van der Waals surface area (Å²) in [4.78, 5) is 1.75. The molecule has 0 aromatic carbocycles. The molecule has 1 atom stereocenters. The molecule has 0 saturated carbocycles. The van der Waals surface area contributed by atoms with Crippen LogP contribution in [-0.4, -0.2) is 31.2 Å². The summed E-state index contributed by atoms with van der Waals surface area (Å²) in [5.74, 6) is 0. The summed E-state index contributed by atoms with van der Waals surface area (Å²) in [6, 6.07) is 0. The zero-order chi connectivity index (χ0) is 11.4. The van der Waals surface area contributed by atoms with Crippen molar-refractivity contribution in [3.05, 3.63) is 0 Å². The maximum atomic E-state index is 12.5. The van der Waals surface area contributed by atoms with E-state index in [1.807, 2.05) is 13.8 Å². The van der Waals surface area contributed by atoms with Crippen molar-refractivity contribution in [1.82, 2.24) is 4.90 Å². The van der Waals surface area contributed by atoms with Crippen molar-refractivity contribution < 1.29 is 13.2 Å². The highest BCUT2D eigenvalue weighted by atomic mass is 19.4. The van der Waals surface area contributed by atoms with Crippen LogP contribution in [0.15, 0.2) is 0 Å². The van der Waals surface area contributed by atoms with Crippen molar-refractivity contribution in [3.8, 4) is 0 Å². The average Bonchev–Trinajstić information content (AvgIpc) is 2.05. The number of piperidine rings is 1. The Morgan fingerprint density at radius 1 is 1.21 bits per heavy atom. The highest BCUT2D eigenvalue weighted by Gasteiger charge is 2.52. The van der Waals surface area contributed by atoms with E-state index in [0.717, 1.165) is 6.54 Å². The molecule has 0 amide bonds. The summed E-state index contributed by atoms with van der Waals surface area (Å²) < 4.78 is 37.4. The number of halogens is 3. The van der Waals surface area contributed by atoms with Crippen LogP contribution in [0.4, 0.5) is 13.2 Å². The van der Waals surface area contributed by atoms with Crippen LogP contribution in [0.5, 0.6) is 0 Å². The molecule has 1 aliphatic rings. The van der Waals surface area contributed by atoms with Gasteiger partial charge in [0.2, 0.25) is 0 Å². The highest BCUT2D eigenvalue weighted by molar-refractivity contribution is 4.88. The summed E-state index contributed by atoms with van der Waals surface area (Å²) in [5, 5.41) is 0. The molecule has 1 heterocycles. The van der Waals surface area contributed by atoms with Gasteiger partial charge in [0.05, 0.1) is 5.41 Å². The van der Waals surface area contributed by atoms with Crippen LogP contribution in [0, 0.1) is 5.41 Å². The molecule has 1 saturated heterocycles. The van der Waals surface area contributed by atoms with Crippen molar-refractivity contribution in [1.29, 1.82) is 0 Å². The maximum absolute atomic E-state index is 12.5. The number of hydrogen-bond donors (Lipinski definition) is 0. The average molecular weight is 211 g/mol. The van der Waals surface area contributed by atoms with E-state index in [1.165, 1.54) is 6.92 Å². The first-order valence-corrected chi connectivity index (χ1v) is 5.10. The van der Waals surface area contributed by atoms with Gasteiger partial charge in [0.25, 0.3) is 0 Å². The molecule has 0 aromatic rings. The van der Waals surface area contributed by atoms with Gasteiger partial charge in [-0.1, -0.05) is 13.8 Å². The lowest BCUT2D eigenvalue weighted by Gasteiger charge is -2.39. The van der Waals surface area contributed by atoms with Crippen LogP contribution >= 0.6 is 0 Å². The zero-order valence-electron chi connectivity index (χ0n) is 9.41. The number of nitrogens with zero attached hydrogens (tertiary/aromatic N) is 1. The lowest BCUT2D eigenvalue weighted by atomic mass is 9.81. The van der Waals surface area contributed by atoms with E-state index in [9.17, 15) is 13.2 Å². The van der Waals surface area contributed by atoms with Crippen LogP contribution in [0.2, 0.25) is 0 Å². The largest absolute Gasteiger partial charge is 0.395 e. The second-order valence-electron chi connectivity index (χ2n) is 3.90. The van der Waals surface area contributed by atoms with Gasteiger partial charge in [0, 0.05) is 6.54 Å². The Labute approximate surface area is 84.3 Å². The summed E-state index contributed by atoms with van der Waals surface area (Å²) in [7, 11) is 1.74. The van der Waals surface area contributed by atoms with Gasteiger partial charge in [-0.05, 0) is 33.4 Å². The van der Waals surface area contributed by atoms with Crippen molar-refractivity contribution >= 4 is 0 Å². The van der Waals surface area contributed by atoms with Gasteiger partial charge >= 0.3 is 6.18 Å². The van der Waals surface area contributed by atoms with Crippen LogP contribution in [0.3, 0.4) is 0 Å². The lowest BCUT2D eigenvalue weighted by Crippen LogP contribution is -2.48. The normalized spacial score (nSPS) is 29.4. The first kappa shape index (κ1) is 13.8. The van der Waals surface area contributed by atoms with E-state index in [4.69, 9.17) is 0 Å². The molecule has 1 unspecified atom stereocenters. The minimum absolute atomic E-state index is 0.135. The molecule has 0 radical (unpaired) electrons. The fraction of sp³-hybridized carbons (Fsp3) is 1.00. The third kappa shape index (κ3) is 3.15. The third-order valence-corrected chi connectivity index (χ3v) is 2.57. The van der Waals surface area contributed by atoms with Gasteiger partial charge in [0.15, 0.2) is 0 Å². The molecule has 1 rings (SSSR count). The molecular weight excluding hydrogens is 191 g/mol. The molecule has 4 heteroatoms. The fourth-order valence-electron chi connectivity index (χ4n) is 1.72. The molecule has 0 aliphatic carbocycles. The Kier molecular flexibility index (Phi) is 4.92. The Morgan fingerprint density at radius 3 is 2.00 bits per heavy atom. The molecule has 0 aromatic heterocycles. The van der Waals surface area contributed by atoms with Gasteiger partial charge < -0.3 is 4.90 Å². The van der Waals surface area contributed by atoms with Gasteiger partial charge in [-0.3, -0.25) is 0 Å². The fourth-order valence-corrected chi connectivity index (χ4v) is 1.72. The van der Waals surface area contributed by atoms with E-state index in [2.05, 4.69) is 0 Å². The number of likely N-dealkylation sites (tertiary alicyclic amines) is 1. The maximum Gasteiger partial charge on any atom is 0.395 e. The van der Waals surface area contributed by atoms with Crippen LogP contribution in [0.1, 0.15) is 33.6 Å². The quantitative estimate of drug-likeness (QED) is 0.594. The van der Waals surface area contributed by atoms with E-state index < -0.39 is 11.6 Å². The molecule has 14 heavy (non-hydrogen) atoms.